The Kier molecular flexibility index (Phi) is 6.38. The number of rotatable bonds is 7. The molecule has 4 rings (SSSR count). The van der Waals surface area contributed by atoms with Gasteiger partial charge in [0.25, 0.3) is 0 Å². The van der Waals surface area contributed by atoms with E-state index in [-0.39, 0.29) is 0 Å². The van der Waals surface area contributed by atoms with Gasteiger partial charge in [-0.25, -0.2) is 8.42 Å². The molecule has 0 N–H and O–H groups in total. The zero-order valence-electron chi connectivity index (χ0n) is 17.8. The van der Waals surface area contributed by atoms with Crippen LogP contribution >= 0.6 is 0 Å². The molecule has 0 spiro atoms. The van der Waals surface area contributed by atoms with Gasteiger partial charge in [0.1, 0.15) is 11.8 Å². The van der Waals surface area contributed by atoms with Gasteiger partial charge in [-0.2, -0.15) is 9.29 Å². The van der Waals surface area contributed by atoms with Crippen molar-refractivity contribution < 1.29 is 17.7 Å². The average molecular weight is 442 g/mol. The predicted molar refractivity (Wildman–Crippen MR) is 116 cm³/mol. The Labute approximate surface area is 183 Å². The summed E-state index contributed by atoms with van der Waals surface area (Å²) < 4.78 is 39.5. The lowest BCUT2D eigenvalue weighted by atomic mass is 10.1. The van der Waals surface area contributed by atoms with E-state index >= 15 is 0 Å². The van der Waals surface area contributed by atoms with Crippen LogP contribution in [0.2, 0.25) is 0 Å². The molecule has 164 valence electrons. The molecular formula is C23H27N3O4S. The summed E-state index contributed by atoms with van der Waals surface area (Å²) in [5, 5.41) is 4.06. The number of hydrogen-bond donors (Lipinski definition) is 0. The summed E-state index contributed by atoms with van der Waals surface area (Å²) in [6.45, 7) is 4.68. The van der Waals surface area contributed by atoms with Crippen molar-refractivity contribution in [3.05, 3.63) is 71.4 Å². The van der Waals surface area contributed by atoms with Crippen LogP contribution in [0.3, 0.4) is 0 Å². The summed E-state index contributed by atoms with van der Waals surface area (Å²) >= 11 is 0. The summed E-state index contributed by atoms with van der Waals surface area (Å²) in [6, 6.07) is 14.4. The van der Waals surface area contributed by atoms with E-state index in [0.717, 1.165) is 29.7 Å². The molecule has 0 amide bonds. The summed E-state index contributed by atoms with van der Waals surface area (Å²) in [5.41, 5.74) is 1.86. The lowest BCUT2D eigenvalue weighted by Crippen LogP contribution is -2.38. The lowest BCUT2D eigenvalue weighted by Gasteiger charge is -2.32. The van der Waals surface area contributed by atoms with Gasteiger partial charge < -0.3 is 9.26 Å². The number of nitrogens with zero attached hydrogens (tertiary/aromatic N) is 3. The van der Waals surface area contributed by atoms with E-state index in [1.165, 1.54) is 4.31 Å². The number of aromatic nitrogens is 2. The molecule has 1 atom stereocenters. The third kappa shape index (κ3) is 4.80. The fourth-order valence-corrected chi connectivity index (χ4v) is 5.76. The van der Waals surface area contributed by atoms with E-state index in [0.29, 0.717) is 42.6 Å². The van der Waals surface area contributed by atoms with Gasteiger partial charge in [-0.3, -0.25) is 0 Å². The highest BCUT2D eigenvalue weighted by molar-refractivity contribution is 7.89. The maximum atomic E-state index is 13.4. The van der Waals surface area contributed by atoms with Gasteiger partial charge >= 0.3 is 0 Å². The summed E-state index contributed by atoms with van der Waals surface area (Å²) in [7, 11) is -3.66. The molecule has 7 nitrogen and oxygen atoms in total. The van der Waals surface area contributed by atoms with Crippen LogP contribution in [0.1, 0.15) is 48.1 Å². The topological polar surface area (TPSA) is 85.5 Å². The van der Waals surface area contributed by atoms with Crippen LogP contribution in [0.4, 0.5) is 0 Å². The Morgan fingerprint density at radius 2 is 1.97 bits per heavy atom. The first-order chi connectivity index (χ1) is 14.9. The quantitative estimate of drug-likeness (QED) is 0.546. The number of hydrogen-bond acceptors (Lipinski definition) is 6. The smallest absolute Gasteiger partial charge is 0.245 e. The summed E-state index contributed by atoms with van der Waals surface area (Å²) in [5.74, 6) is 1.66. The maximum absolute atomic E-state index is 13.4. The molecule has 1 aliphatic heterocycles. The molecule has 1 aliphatic rings. The highest BCUT2D eigenvalue weighted by Gasteiger charge is 2.38. The summed E-state index contributed by atoms with van der Waals surface area (Å²) in [6.07, 6.45) is 2.87. The number of aryl methyl sites for hydroxylation is 2. The molecule has 2 heterocycles. The third-order valence-electron chi connectivity index (χ3n) is 5.49. The minimum Gasteiger partial charge on any atom is -0.493 e. The Morgan fingerprint density at radius 3 is 2.77 bits per heavy atom. The van der Waals surface area contributed by atoms with E-state index in [9.17, 15) is 8.42 Å². The molecule has 8 heteroatoms. The standard InChI is InChI=1S/C23H27N3O4S/c1-17-8-7-10-19(16-17)29-15-13-22-24-23(30-25-22)20-11-5-6-14-26(20)31(27,28)21-12-4-3-9-18(21)2/h3-4,7-10,12,16,20H,5-6,11,13-15H2,1-2H3. The van der Waals surface area contributed by atoms with Gasteiger partial charge in [0.15, 0.2) is 5.82 Å². The SMILES string of the molecule is Cc1cccc(OCCc2noc(C3CCCCN3S(=O)(=O)c3ccccc3C)n2)c1. The monoisotopic (exact) mass is 441 g/mol. The maximum Gasteiger partial charge on any atom is 0.245 e. The molecule has 1 unspecified atom stereocenters. The van der Waals surface area contributed by atoms with Crippen molar-refractivity contribution in [1.29, 1.82) is 0 Å². The van der Waals surface area contributed by atoms with Gasteiger partial charge in [0.2, 0.25) is 15.9 Å². The molecule has 0 saturated carbocycles. The molecule has 0 radical (unpaired) electrons. The van der Waals surface area contributed by atoms with E-state index in [1.807, 2.05) is 50.2 Å². The van der Waals surface area contributed by atoms with Gasteiger partial charge in [0, 0.05) is 13.0 Å². The van der Waals surface area contributed by atoms with Crippen molar-refractivity contribution in [3.8, 4) is 5.75 Å². The highest BCUT2D eigenvalue weighted by atomic mass is 32.2. The van der Waals surface area contributed by atoms with E-state index < -0.39 is 16.1 Å². The average Bonchev–Trinajstić information content (AvgIpc) is 3.23. The molecule has 1 saturated heterocycles. The minimum absolute atomic E-state index is 0.327. The van der Waals surface area contributed by atoms with Crippen molar-refractivity contribution in [3.63, 3.8) is 0 Å². The van der Waals surface area contributed by atoms with E-state index in [2.05, 4.69) is 10.1 Å². The van der Waals surface area contributed by atoms with Crippen LogP contribution < -0.4 is 4.74 Å². The van der Waals surface area contributed by atoms with Crippen LogP contribution in [-0.2, 0) is 16.4 Å². The Hall–Kier alpha value is -2.71. The second kappa shape index (κ2) is 9.20. The zero-order chi connectivity index (χ0) is 21.8. The van der Waals surface area contributed by atoms with Crippen molar-refractivity contribution in [2.45, 2.75) is 50.5 Å². The lowest BCUT2D eigenvalue weighted by molar-refractivity contribution is 0.204. The highest BCUT2D eigenvalue weighted by Crippen LogP contribution is 2.35. The van der Waals surface area contributed by atoms with Crippen molar-refractivity contribution >= 4 is 10.0 Å². The molecule has 0 aliphatic carbocycles. The number of piperidine rings is 1. The third-order valence-corrected chi connectivity index (χ3v) is 7.56. The van der Waals surface area contributed by atoms with Crippen molar-refractivity contribution in [2.75, 3.05) is 13.2 Å². The van der Waals surface area contributed by atoms with Gasteiger partial charge in [-0.05, 0) is 56.0 Å². The number of sulfonamides is 1. The molecule has 1 fully saturated rings. The van der Waals surface area contributed by atoms with Gasteiger partial charge in [-0.15, -0.1) is 0 Å². The Bertz CT molecular complexity index is 1140. The minimum atomic E-state index is -3.66. The molecule has 1 aromatic heterocycles. The van der Waals surface area contributed by atoms with Gasteiger partial charge in [-0.1, -0.05) is 41.9 Å². The molecule has 0 bridgehead atoms. The largest absolute Gasteiger partial charge is 0.493 e. The van der Waals surface area contributed by atoms with Gasteiger partial charge in [0.05, 0.1) is 11.5 Å². The predicted octanol–water partition coefficient (Wildman–Crippen LogP) is 4.22. The van der Waals surface area contributed by atoms with Crippen LogP contribution in [0.25, 0.3) is 0 Å². The molecule has 3 aromatic rings. The number of ether oxygens (including phenoxy) is 1. The van der Waals surface area contributed by atoms with Crippen LogP contribution in [0.15, 0.2) is 57.9 Å². The molecular weight excluding hydrogens is 414 g/mol. The second-order valence-corrected chi connectivity index (χ2v) is 9.72. The van der Waals surface area contributed by atoms with Crippen LogP contribution in [0.5, 0.6) is 5.75 Å². The first-order valence-corrected chi connectivity index (χ1v) is 12.0. The normalized spacial score (nSPS) is 17.5. The second-order valence-electron chi connectivity index (χ2n) is 7.86. The zero-order valence-corrected chi connectivity index (χ0v) is 18.6. The van der Waals surface area contributed by atoms with Crippen molar-refractivity contribution in [2.24, 2.45) is 0 Å². The van der Waals surface area contributed by atoms with E-state index in [4.69, 9.17) is 9.26 Å². The fraction of sp³-hybridized carbons (Fsp3) is 0.391. The fourth-order valence-electron chi connectivity index (χ4n) is 3.88. The first-order valence-electron chi connectivity index (χ1n) is 10.5. The Morgan fingerprint density at radius 1 is 1.13 bits per heavy atom. The van der Waals surface area contributed by atoms with Crippen LogP contribution in [-0.4, -0.2) is 36.0 Å². The molecule has 31 heavy (non-hydrogen) atoms. The van der Waals surface area contributed by atoms with Crippen LogP contribution in [0, 0.1) is 13.8 Å². The van der Waals surface area contributed by atoms with Crippen molar-refractivity contribution in [1.82, 2.24) is 14.4 Å². The number of benzene rings is 2. The van der Waals surface area contributed by atoms with E-state index in [1.54, 1.807) is 12.1 Å². The molecule has 2 aromatic carbocycles. The first kappa shape index (κ1) is 21.5. The summed E-state index contributed by atoms with van der Waals surface area (Å²) in [4.78, 5) is 4.83. The Balaban J connectivity index is 1.48.